The van der Waals surface area contributed by atoms with Crippen LogP contribution >= 0.6 is 0 Å². The van der Waals surface area contributed by atoms with Crippen molar-refractivity contribution >= 4 is 17.4 Å². The molecule has 6 nitrogen and oxygen atoms in total. The monoisotopic (exact) mass is 355 g/mol. The third-order valence-electron chi connectivity index (χ3n) is 3.55. The number of anilines is 1. The van der Waals surface area contributed by atoms with Gasteiger partial charge in [0.1, 0.15) is 11.5 Å². The molecule has 0 atom stereocenters. The van der Waals surface area contributed by atoms with Gasteiger partial charge >= 0.3 is 5.97 Å². The highest BCUT2D eigenvalue weighted by molar-refractivity contribution is 6.06. The molecule has 2 aromatic rings. The van der Waals surface area contributed by atoms with Crippen molar-refractivity contribution in [2.24, 2.45) is 0 Å². The number of nitrogens with one attached hydrogen (secondary N) is 1. The zero-order chi connectivity index (χ0) is 18.9. The molecule has 0 unspecified atom stereocenters. The summed E-state index contributed by atoms with van der Waals surface area (Å²) < 4.78 is 15.3. The van der Waals surface area contributed by atoms with Crippen molar-refractivity contribution in [2.75, 3.05) is 26.1 Å². The van der Waals surface area contributed by atoms with Gasteiger partial charge in [-0.25, -0.2) is 4.79 Å². The lowest BCUT2D eigenvalue weighted by Crippen LogP contribution is -2.04. The van der Waals surface area contributed by atoms with Crippen LogP contribution in [0.4, 0.5) is 5.69 Å². The van der Waals surface area contributed by atoms with Crippen LogP contribution in [0.5, 0.6) is 11.5 Å². The first kappa shape index (κ1) is 19.1. The maximum Gasteiger partial charge on any atom is 0.338 e. The molecule has 0 aliphatic carbocycles. The minimum atomic E-state index is -0.364. The first-order chi connectivity index (χ1) is 12.6. The predicted molar refractivity (Wildman–Crippen MR) is 99.0 cm³/mol. The van der Waals surface area contributed by atoms with Crippen LogP contribution in [0, 0.1) is 0 Å². The topological polar surface area (TPSA) is 73.9 Å². The molecule has 0 saturated carbocycles. The summed E-state index contributed by atoms with van der Waals surface area (Å²) in [6.45, 7) is 2.09. The molecular formula is C20H21NO5. The number of hydrogen-bond donors (Lipinski definition) is 1. The summed E-state index contributed by atoms with van der Waals surface area (Å²) in [5, 5.41) is 2.98. The number of carbonyl (C=O) groups excluding carboxylic acids is 2. The molecule has 0 heterocycles. The Hall–Kier alpha value is -3.28. The Morgan fingerprint density at radius 2 is 1.77 bits per heavy atom. The molecule has 2 rings (SSSR count). The van der Waals surface area contributed by atoms with Gasteiger partial charge in [-0.1, -0.05) is 0 Å². The summed E-state index contributed by atoms with van der Waals surface area (Å²) in [4.78, 5) is 23.9. The molecule has 0 fully saturated rings. The molecule has 0 amide bonds. The van der Waals surface area contributed by atoms with Crippen molar-refractivity contribution in [3.8, 4) is 11.5 Å². The summed E-state index contributed by atoms with van der Waals surface area (Å²) in [6.07, 6.45) is 2.94. The summed E-state index contributed by atoms with van der Waals surface area (Å²) >= 11 is 0. The van der Waals surface area contributed by atoms with E-state index in [2.05, 4.69) is 5.32 Å². The van der Waals surface area contributed by atoms with Gasteiger partial charge in [0.25, 0.3) is 0 Å². The molecule has 0 saturated heterocycles. The van der Waals surface area contributed by atoms with Crippen LogP contribution in [0.3, 0.4) is 0 Å². The lowest BCUT2D eigenvalue weighted by atomic mass is 10.1. The van der Waals surface area contributed by atoms with Gasteiger partial charge in [-0.05, 0) is 43.3 Å². The van der Waals surface area contributed by atoms with E-state index in [0.29, 0.717) is 29.2 Å². The van der Waals surface area contributed by atoms with Gasteiger partial charge in [-0.2, -0.15) is 0 Å². The maximum absolute atomic E-state index is 12.3. The number of hydrogen-bond acceptors (Lipinski definition) is 6. The molecule has 6 heteroatoms. The normalized spacial score (nSPS) is 10.4. The molecule has 0 aliphatic rings. The van der Waals surface area contributed by atoms with Crippen molar-refractivity contribution in [1.29, 1.82) is 0 Å². The molecule has 136 valence electrons. The number of esters is 1. The van der Waals surface area contributed by atoms with Crippen LogP contribution in [0.2, 0.25) is 0 Å². The standard InChI is InChI=1S/C20H21NO5/c1-4-26-20(23)14-5-7-15(8-6-14)21-12-11-18(22)17-10-9-16(24-2)13-19(17)25-3/h5-13,21H,4H2,1-3H3. The molecule has 0 radical (unpaired) electrons. The minimum Gasteiger partial charge on any atom is -0.497 e. The average Bonchev–Trinajstić information content (AvgIpc) is 2.68. The van der Waals surface area contributed by atoms with E-state index in [9.17, 15) is 9.59 Å². The van der Waals surface area contributed by atoms with E-state index in [0.717, 1.165) is 5.69 Å². The smallest absolute Gasteiger partial charge is 0.338 e. The highest BCUT2D eigenvalue weighted by Crippen LogP contribution is 2.25. The largest absolute Gasteiger partial charge is 0.497 e. The average molecular weight is 355 g/mol. The highest BCUT2D eigenvalue weighted by atomic mass is 16.5. The maximum atomic E-state index is 12.3. The fraction of sp³-hybridized carbons (Fsp3) is 0.200. The Kier molecular flexibility index (Phi) is 6.79. The van der Waals surface area contributed by atoms with Crippen LogP contribution in [-0.4, -0.2) is 32.6 Å². The number of ketones is 1. The Bertz CT molecular complexity index is 796. The fourth-order valence-corrected chi connectivity index (χ4v) is 2.22. The second-order valence-corrected chi connectivity index (χ2v) is 5.21. The number of methoxy groups -OCH3 is 2. The van der Waals surface area contributed by atoms with Crippen molar-refractivity contribution in [3.63, 3.8) is 0 Å². The van der Waals surface area contributed by atoms with Crippen molar-refractivity contribution in [2.45, 2.75) is 6.92 Å². The van der Waals surface area contributed by atoms with Crippen LogP contribution < -0.4 is 14.8 Å². The van der Waals surface area contributed by atoms with Gasteiger partial charge in [0.15, 0.2) is 5.78 Å². The van der Waals surface area contributed by atoms with Crippen LogP contribution in [0.1, 0.15) is 27.6 Å². The zero-order valence-corrected chi connectivity index (χ0v) is 14.9. The van der Waals surface area contributed by atoms with Crippen LogP contribution in [-0.2, 0) is 4.74 Å². The molecule has 0 bridgehead atoms. The van der Waals surface area contributed by atoms with Crippen LogP contribution in [0.25, 0.3) is 0 Å². The number of allylic oxidation sites excluding steroid dienone is 1. The Labute approximate surface area is 152 Å². The quantitative estimate of drug-likeness (QED) is 0.442. The van der Waals surface area contributed by atoms with Gasteiger partial charge in [0.2, 0.25) is 0 Å². The lowest BCUT2D eigenvalue weighted by Gasteiger charge is -2.08. The molecule has 26 heavy (non-hydrogen) atoms. The second kappa shape index (κ2) is 9.27. The predicted octanol–water partition coefficient (Wildman–Crippen LogP) is 3.69. The summed E-state index contributed by atoms with van der Waals surface area (Å²) in [5.74, 6) is 0.483. The number of carbonyl (C=O) groups is 2. The fourth-order valence-electron chi connectivity index (χ4n) is 2.22. The minimum absolute atomic E-state index is 0.208. The van der Waals surface area contributed by atoms with Crippen molar-refractivity contribution < 1.29 is 23.8 Å². The molecular weight excluding hydrogens is 334 g/mol. The molecule has 0 aromatic heterocycles. The SMILES string of the molecule is CCOC(=O)c1ccc(NC=CC(=O)c2ccc(OC)cc2OC)cc1. The van der Waals surface area contributed by atoms with Crippen molar-refractivity contribution in [3.05, 3.63) is 65.9 Å². The van der Waals surface area contributed by atoms with Gasteiger partial charge in [-0.3, -0.25) is 4.79 Å². The first-order valence-corrected chi connectivity index (χ1v) is 8.05. The number of benzene rings is 2. The van der Waals surface area contributed by atoms with E-state index in [1.54, 1.807) is 56.5 Å². The third-order valence-corrected chi connectivity index (χ3v) is 3.55. The number of rotatable bonds is 8. The summed E-state index contributed by atoms with van der Waals surface area (Å²) in [6, 6.07) is 11.8. The second-order valence-electron chi connectivity index (χ2n) is 5.21. The molecule has 2 aromatic carbocycles. The van der Waals surface area contributed by atoms with Gasteiger partial charge in [-0.15, -0.1) is 0 Å². The Balaban J connectivity index is 2.02. The molecule has 0 aliphatic heterocycles. The Morgan fingerprint density at radius 1 is 1.04 bits per heavy atom. The zero-order valence-electron chi connectivity index (χ0n) is 14.9. The molecule has 1 N–H and O–H groups in total. The van der Waals surface area contributed by atoms with E-state index >= 15 is 0 Å². The Morgan fingerprint density at radius 3 is 2.38 bits per heavy atom. The van der Waals surface area contributed by atoms with E-state index in [1.807, 2.05) is 0 Å². The lowest BCUT2D eigenvalue weighted by molar-refractivity contribution is 0.0526. The summed E-state index contributed by atoms with van der Waals surface area (Å²) in [7, 11) is 3.05. The highest BCUT2D eigenvalue weighted by Gasteiger charge is 2.10. The van der Waals surface area contributed by atoms with Crippen molar-refractivity contribution in [1.82, 2.24) is 0 Å². The van der Waals surface area contributed by atoms with Crippen LogP contribution in [0.15, 0.2) is 54.7 Å². The number of ether oxygens (including phenoxy) is 3. The van der Waals surface area contributed by atoms with E-state index in [-0.39, 0.29) is 11.8 Å². The van der Waals surface area contributed by atoms with Gasteiger partial charge in [0.05, 0.1) is 32.0 Å². The van der Waals surface area contributed by atoms with E-state index in [1.165, 1.54) is 19.4 Å². The van der Waals surface area contributed by atoms with E-state index in [4.69, 9.17) is 14.2 Å². The third kappa shape index (κ3) is 4.86. The summed E-state index contributed by atoms with van der Waals surface area (Å²) in [5.41, 5.74) is 1.65. The van der Waals surface area contributed by atoms with E-state index < -0.39 is 0 Å². The van der Waals surface area contributed by atoms with Gasteiger partial charge in [0, 0.05) is 24.0 Å². The first-order valence-electron chi connectivity index (χ1n) is 8.05. The molecule has 0 spiro atoms. The van der Waals surface area contributed by atoms with Gasteiger partial charge < -0.3 is 19.5 Å².